The summed E-state index contributed by atoms with van der Waals surface area (Å²) in [6.07, 6.45) is 1.77. The van der Waals surface area contributed by atoms with Crippen molar-refractivity contribution in [3.63, 3.8) is 0 Å². The molecule has 2 N–H and O–H groups in total. The highest BCUT2D eigenvalue weighted by atomic mass is 15.3. The van der Waals surface area contributed by atoms with Crippen molar-refractivity contribution in [2.24, 2.45) is 5.73 Å². The van der Waals surface area contributed by atoms with Crippen molar-refractivity contribution in [2.45, 2.75) is 33.0 Å². The van der Waals surface area contributed by atoms with Crippen molar-refractivity contribution in [2.75, 3.05) is 4.90 Å². The summed E-state index contributed by atoms with van der Waals surface area (Å²) in [5.74, 6) is 0.738. The van der Waals surface area contributed by atoms with E-state index < -0.39 is 0 Å². The first-order valence-electron chi connectivity index (χ1n) is 6.53. The van der Waals surface area contributed by atoms with Gasteiger partial charge in [-0.2, -0.15) is 0 Å². The van der Waals surface area contributed by atoms with Gasteiger partial charge in [-0.05, 0) is 25.5 Å². The molecule has 1 heterocycles. The molecular weight excluding hydrogens is 236 g/mol. The number of nitrogens with zero attached hydrogens (tertiary/aromatic N) is 3. The Balaban J connectivity index is 2.24. The van der Waals surface area contributed by atoms with Crippen LogP contribution >= 0.6 is 0 Å². The van der Waals surface area contributed by atoms with E-state index in [1.807, 2.05) is 24.3 Å². The molecule has 0 radical (unpaired) electrons. The van der Waals surface area contributed by atoms with E-state index in [9.17, 15) is 0 Å². The molecule has 1 aromatic carbocycles. The standard InChI is InChI=1S/C15H20N4/c1-12(2)19(11-13-6-4-3-5-7-13)15-17-9-8-14(10-16)18-15/h3-9,12H,10-11,16H2,1-2H3. The van der Waals surface area contributed by atoms with E-state index in [1.54, 1.807) is 6.20 Å². The third-order valence-corrected chi connectivity index (χ3v) is 2.99. The van der Waals surface area contributed by atoms with Crippen LogP contribution in [-0.4, -0.2) is 16.0 Å². The summed E-state index contributed by atoms with van der Waals surface area (Å²) < 4.78 is 0. The molecule has 0 unspecified atom stereocenters. The van der Waals surface area contributed by atoms with Crippen molar-refractivity contribution in [1.82, 2.24) is 9.97 Å². The molecule has 0 amide bonds. The molecule has 4 heteroatoms. The quantitative estimate of drug-likeness (QED) is 0.892. The first-order valence-corrected chi connectivity index (χ1v) is 6.53. The van der Waals surface area contributed by atoms with Crippen LogP contribution in [0.4, 0.5) is 5.95 Å². The molecule has 0 aliphatic heterocycles. The summed E-state index contributed by atoms with van der Waals surface area (Å²) >= 11 is 0. The Morgan fingerprint density at radius 1 is 1.16 bits per heavy atom. The lowest BCUT2D eigenvalue weighted by Crippen LogP contribution is -2.32. The number of anilines is 1. The second kappa shape index (κ2) is 6.29. The molecule has 0 saturated carbocycles. The Hall–Kier alpha value is -1.94. The summed E-state index contributed by atoms with van der Waals surface area (Å²) in [6, 6.07) is 12.5. The summed E-state index contributed by atoms with van der Waals surface area (Å²) in [6.45, 7) is 5.52. The third kappa shape index (κ3) is 3.51. The van der Waals surface area contributed by atoms with Crippen LogP contribution in [-0.2, 0) is 13.1 Å². The topological polar surface area (TPSA) is 55.0 Å². The van der Waals surface area contributed by atoms with Gasteiger partial charge in [0, 0.05) is 25.3 Å². The highest BCUT2D eigenvalue weighted by Crippen LogP contribution is 2.15. The molecule has 0 fully saturated rings. The summed E-state index contributed by atoms with van der Waals surface area (Å²) in [5.41, 5.74) is 7.75. The van der Waals surface area contributed by atoms with Gasteiger partial charge in [-0.15, -0.1) is 0 Å². The van der Waals surface area contributed by atoms with Gasteiger partial charge in [-0.3, -0.25) is 0 Å². The van der Waals surface area contributed by atoms with Crippen molar-refractivity contribution in [1.29, 1.82) is 0 Å². The molecule has 0 atom stereocenters. The van der Waals surface area contributed by atoms with Crippen molar-refractivity contribution >= 4 is 5.95 Å². The van der Waals surface area contributed by atoms with Gasteiger partial charge in [-0.25, -0.2) is 9.97 Å². The molecule has 0 spiro atoms. The number of hydrogen-bond acceptors (Lipinski definition) is 4. The zero-order valence-electron chi connectivity index (χ0n) is 11.5. The predicted molar refractivity (Wildman–Crippen MR) is 77.7 cm³/mol. The highest BCUT2D eigenvalue weighted by molar-refractivity contribution is 5.34. The van der Waals surface area contributed by atoms with Crippen LogP contribution in [0.3, 0.4) is 0 Å². The Labute approximate surface area is 114 Å². The second-order valence-corrected chi connectivity index (χ2v) is 4.76. The normalized spacial score (nSPS) is 10.7. The van der Waals surface area contributed by atoms with E-state index in [2.05, 4.69) is 40.8 Å². The molecule has 0 aliphatic carbocycles. The molecule has 0 bridgehead atoms. The minimum absolute atomic E-state index is 0.327. The maximum absolute atomic E-state index is 5.64. The van der Waals surface area contributed by atoms with E-state index in [0.29, 0.717) is 12.6 Å². The Morgan fingerprint density at radius 2 is 1.89 bits per heavy atom. The summed E-state index contributed by atoms with van der Waals surface area (Å²) in [7, 11) is 0. The molecular formula is C15H20N4. The second-order valence-electron chi connectivity index (χ2n) is 4.76. The number of hydrogen-bond donors (Lipinski definition) is 1. The van der Waals surface area contributed by atoms with Crippen LogP contribution in [0.1, 0.15) is 25.1 Å². The largest absolute Gasteiger partial charge is 0.334 e. The van der Waals surface area contributed by atoms with Crippen LogP contribution in [0.5, 0.6) is 0 Å². The molecule has 19 heavy (non-hydrogen) atoms. The minimum Gasteiger partial charge on any atom is -0.334 e. The zero-order chi connectivity index (χ0) is 13.7. The first-order chi connectivity index (χ1) is 9.20. The maximum atomic E-state index is 5.64. The number of nitrogens with two attached hydrogens (primary N) is 1. The zero-order valence-corrected chi connectivity index (χ0v) is 11.5. The molecule has 4 nitrogen and oxygen atoms in total. The average molecular weight is 256 g/mol. The van der Waals surface area contributed by atoms with Crippen molar-refractivity contribution in [3.05, 3.63) is 53.9 Å². The van der Waals surface area contributed by atoms with Gasteiger partial charge in [-0.1, -0.05) is 30.3 Å². The van der Waals surface area contributed by atoms with Gasteiger partial charge >= 0.3 is 0 Å². The number of benzene rings is 1. The van der Waals surface area contributed by atoms with E-state index in [1.165, 1.54) is 5.56 Å². The lowest BCUT2D eigenvalue weighted by atomic mass is 10.2. The van der Waals surface area contributed by atoms with Gasteiger partial charge in [0.05, 0.1) is 5.69 Å². The maximum Gasteiger partial charge on any atom is 0.226 e. The smallest absolute Gasteiger partial charge is 0.226 e. The summed E-state index contributed by atoms with van der Waals surface area (Å²) in [5, 5.41) is 0. The number of rotatable bonds is 5. The van der Waals surface area contributed by atoms with E-state index >= 15 is 0 Å². The van der Waals surface area contributed by atoms with Gasteiger partial charge < -0.3 is 10.6 Å². The molecule has 2 aromatic rings. The van der Waals surface area contributed by atoms with Gasteiger partial charge in [0.1, 0.15) is 0 Å². The Kier molecular flexibility index (Phi) is 4.47. The molecule has 0 saturated heterocycles. The van der Waals surface area contributed by atoms with E-state index in [4.69, 9.17) is 5.73 Å². The van der Waals surface area contributed by atoms with E-state index in [0.717, 1.165) is 18.2 Å². The number of aromatic nitrogens is 2. The fraction of sp³-hybridized carbons (Fsp3) is 0.333. The SMILES string of the molecule is CC(C)N(Cc1ccccc1)c1nccc(CN)n1. The van der Waals surface area contributed by atoms with E-state index in [-0.39, 0.29) is 0 Å². The van der Waals surface area contributed by atoms with Crippen LogP contribution < -0.4 is 10.6 Å². The molecule has 100 valence electrons. The van der Waals surface area contributed by atoms with Crippen LogP contribution in [0.2, 0.25) is 0 Å². The first kappa shape index (κ1) is 13.5. The Bertz CT molecular complexity index is 511. The molecule has 2 rings (SSSR count). The van der Waals surface area contributed by atoms with Crippen LogP contribution in [0, 0.1) is 0 Å². The Morgan fingerprint density at radius 3 is 2.53 bits per heavy atom. The van der Waals surface area contributed by atoms with Gasteiger partial charge in [0.25, 0.3) is 0 Å². The van der Waals surface area contributed by atoms with Crippen LogP contribution in [0.15, 0.2) is 42.6 Å². The lowest BCUT2D eigenvalue weighted by molar-refractivity contribution is 0.657. The van der Waals surface area contributed by atoms with Gasteiger partial charge in [0.15, 0.2) is 0 Å². The van der Waals surface area contributed by atoms with Crippen LogP contribution in [0.25, 0.3) is 0 Å². The fourth-order valence-electron chi connectivity index (χ4n) is 1.90. The molecule has 1 aromatic heterocycles. The molecule has 0 aliphatic rings. The lowest BCUT2D eigenvalue weighted by Gasteiger charge is -2.27. The highest BCUT2D eigenvalue weighted by Gasteiger charge is 2.14. The summed E-state index contributed by atoms with van der Waals surface area (Å²) in [4.78, 5) is 11.0. The monoisotopic (exact) mass is 256 g/mol. The third-order valence-electron chi connectivity index (χ3n) is 2.99. The average Bonchev–Trinajstić information content (AvgIpc) is 2.45. The predicted octanol–water partition coefficient (Wildman–Crippen LogP) is 2.35. The van der Waals surface area contributed by atoms with Gasteiger partial charge in [0.2, 0.25) is 5.95 Å². The minimum atomic E-state index is 0.327. The van der Waals surface area contributed by atoms with Crippen molar-refractivity contribution in [3.8, 4) is 0 Å². The van der Waals surface area contributed by atoms with Crippen molar-refractivity contribution < 1.29 is 0 Å². The fourth-order valence-corrected chi connectivity index (χ4v) is 1.90.